The number of carbonyl (C=O) groups is 1. The molecule has 1 aliphatic heterocycles. The molecule has 0 bridgehead atoms. The molecule has 19 heavy (non-hydrogen) atoms. The molecular formula is C11H14BrN3O3S. The van der Waals surface area contributed by atoms with Gasteiger partial charge in [-0.1, -0.05) is 15.9 Å². The number of nitrogens with zero attached hydrogens (tertiary/aromatic N) is 1. The Labute approximate surface area is 120 Å². The minimum absolute atomic E-state index is 0.108. The molecule has 6 nitrogen and oxygen atoms in total. The first-order chi connectivity index (χ1) is 8.93. The van der Waals surface area contributed by atoms with E-state index in [1.807, 2.05) is 6.07 Å². The van der Waals surface area contributed by atoms with Gasteiger partial charge in [-0.05, 0) is 25.2 Å². The molecule has 1 amide bonds. The minimum atomic E-state index is -3.31. The van der Waals surface area contributed by atoms with Crippen molar-refractivity contribution in [1.29, 1.82) is 0 Å². The lowest BCUT2D eigenvalue weighted by molar-refractivity contribution is 0.0768. The first kappa shape index (κ1) is 14.3. The second-order valence-corrected chi connectivity index (χ2v) is 7.08. The maximum absolute atomic E-state index is 12.2. The van der Waals surface area contributed by atoms with Crippen LogP contribution >= 0.6 is 15.9 Å². The molecule has 0 saturated heterocycles. The highest BCUT2D eigenvalue weighted by molar-refractivity contribution is 9.10. The third-order valence-electron chi connectivity index (χ3n) is 2.90. The van der Waals surface area contributed by atoms with Crippen LogP contribution in [0.25, 0.3) is 0 Å². The molecule has 0 spiro atoms. The largest absolute Gasteiger partial charge is 0.367 e. The van der Waals surface area contributed by atoms with Gasteiger partial charge < -0.3 is 10.2 Å². The summed E-state index contributed by atoms with van der Waals surface area (Å²) in [7, 11) is -1.95. The summed E-state index contributed by atoms with van der Waals surface area (Å²) in [6.07, 6.45) is 0. The zero-order valence-corrected chi connectivity index (χ0v) is 12.7. The Bertz CT molecular complexity index is 603. The van der Waals surface area contributed by atoms with E-state index in [1.54, 1.807) is 12.1 Å². The quantitative estimate of drug-likeness (QED) is 0.845. The number of amides is 1. The van der Waals surface area contributed by atoms with E-state index in [1.165, 1.54) is 11.9 Å². The molecule has 1 aromatic carbocycles. The lowest BCUT2D eigenvalue weighted by Gasteiger charge is -2.29. The van der Waals surface area contributed by atoms with Gasteiger partial charge >= 0.3 is 0 Å². The van der Waals surface area contributed by atoms with Crippen LogP contribution < -0.4 is 10.0 Å². The fourth-order valence-electron chi connectivity index (χ4n) is 1.79. The fraction of sp³-hybridized carbons (Fsp3) is 0.364. The number of hydrogen-bond donors (Lipinski definition) is 2. The number of hydrogen-bond acceptors (Lipinski definition) is 4. The smallest absolute Gasteiger partial charge is 0.257 e. The van der Waals surface area contributed by atoms with Crippen LogP contribution in [0, 0.1) is 0 Å². The first-order valence-corrected chi connectivity index (χ1v) is 8.11. The molecule has 0 aromatic heterocycles. The molecule has 0 saturated carbocycles. The Morgan fingerprint density at radius 1 is 1.47 bits per heavy atom. The summed E-state index contributed by atoms with van der Waals surface area (Å²) >= 11 is 3.34. The van der Waals surface area contributed by atoms with Crippen LogP contribution in [-0.2, 0) is 10.0 Å². The third kappa shape index (κ3) is 3.26. The van der Waals surface area contributed by atoms with Crippen molar-refractivity contribution >= 4 is 37.5 Å². The molecule has 1 aromatic rings. The lowest BCUT2D eigenvalue weighted by atomic mass is 10.1. The van der Waals surface area contributed by atoms with Crippen molar-refractivity contribution in [3.05, 3.63) is 28.2 Å². The SMILES string of the molecule is CNS(=O)(=O)CCN1CNc2cc(Br)ccc2C1=O. The number of anilines is 1. The molecule has 0 radical (unpaired) electrons. The second kappa shape index (κ2) is 5.48. The number of carbonyl (C=O) groups excluding carboxylic acids is 1. The van der Waals surface area contributed by atoms with Crippen molar-refractivity contribution < 1.29 is 13.2 Å². The van der Waals surface area contributed by atoms with E-state index in [4.69, 9.17) is 0 Å². The molecule has 0 aliphatic carbocycles. The van der Waals surface area contributed by atoms with Crippen LogP contribution in [0.1, 0.15) is 10.4 Å². The van der Waals surface area contributed by atoms with Crippen LogP contribution in [0.5, 0.6) is 0 Å². The highest BCUT2D eigenvalue weighted by Crippen LogP contribution is 2.25. The topological polar surface area (TPSA) is 78.5 Å². The Balaban J connectivity index is 2.12. The van der Waals surface area contributed by atoms with Crippen molar-refractivity contribution in [2.45, 2.75) is 0 Å². The Morgan fingerprint density at radius 2 is 2.21 bits per heavy atom. The van der Waals surface area contributed by atoms with Gasteiger partial charge in [0.25, 0.3) is 5.91 Å². The highest BCUT2D eigenvalue weighted by atomic mass is 79.9. The number of halogens is 1. The minimum Gasteiger partial charge on any atom is -0.367 e. The van der Waals surface area contributed by atoms with E-state index in [0.29, 0.717) is 12.2 Å². The predicted octanol–water partition coefficient (Wildman–Crippen LogP) is 0.823. The van der Waals surface area contributed by atoms with Gasteiger partial charge in [-0.15, -0.1) is 0 Å². The van der Waals surface area contributed by atoms with Crippen molar-refractivity contribution in [2.75, 3.05) is 31.3 Å². The summed E-state index contributed by atoms with van der Waals surface area (Å²) in [5.74, 6) is -0.268. The van der Waals surface area contributed by atoms with Gasteiger partial charge in [-0.2, -0.15) is 0 Å². The number of rotatable bonds is 4. The first-order valence-electron chi connectivity index (χ1n) is 5.67. The van der Waals surface area contributed by atoms with Gasteiger partial charge in [0.15, 0.2) is 0 Å². The van der Waals surface area contributed by atoms with Crippen molar-refractivity contribution in [1.82, 2.24) is 9.62 Å². The maximum Gasteiger partial charge on any atom is 0.257 e. The summed E-state index contributed by atoms with van der Waals surface area (Å²) in [6.45, 7) is 0.464. The summed E-state index contributed by atoms with van der Waals surface area (Å²) < 4.78 is 25.8. The number of fused-ring (bicyclic) bond motifs is 1. The van der Waals surface area contributed by atoms with Crippen LogP contribution in [0.3, 0.4) is 0 Å². The molecule has 2 rings (SSSR count). The zero-order chi connectivity index (χ0) is 14.0. The van der Waals surface area contributed by atoms with Gasteiger partial charge in [-0.3, -0.25) is 4.79 Å². The summed E-state index contributed by atoms with van der Waals surface area (Å²) in [5, 5.41) is 3.10. The second-order valence-electron chi connectivity index (χ2n) is 4.12. The van der Waals surface area contributed by atoms with E-state index < -0.39 is 10.0 Å². The molecule has 1 heterocycles. The average Bonchev–Trinajstić information content (AvgIpc) is 2.38. The van der Waals surface area contributed by atoms with Crippen molar-refractivity contribution in [3.63, 3.8) is 0 Å². The van der Waals surface area contributed by atoms with Crippen LogP contribution in [0.2, 0.25) is 0 Å². The van der Waals surface area contributed by atoms with E-state index in [2.05, 4.69) is 26.0 Å². The molecule has 0 fully saturated rings. The van der Waals surface area contributed by atoms with Crippen LogP contribution in [-0.4, -0.2) is 45.2 Å². The molecule has 2 N–H and O–H groups in total. The van der Waals surface area contributed by atoms with Crippen molar-refractivity contribution in [2.24, 2.45) is 0 Å². The normalized spacial score (nSPS) is 15.1. The van der Waals surface area contributed by atoms with E-state index in [9.17, 15) is 13.2 Å². The van der Waals surface area contributed by atoms with Gasteiger partial charge in [0, 0.05) is 16.7 Å². The molecule has 0 atom stereocenters. The molecule has 8 heteroatoms. The summed E-state index contributed by atoms with van der Waals surface area (Å²) in [5.41, 5.74) is 1.31. The standard InChI is InChI=1S/C11H14BrN3O3S/c1-13-19(17,18)5-4-15-7-14-10-6-8(12)2-3-9(10)11(15)16/h2-3,6,13-14H,4-5,7H2,1H3. The molecule has 1 aliphatic rings. The van der Waals surface area contributed by atoms with Crippen LogP contribution in [0.15, 0.2) is 22.7 Å². The number of sulfonamides is 1. The Hall–Kier alpha value is -1.12. The molecular weight excluding hydrogens is 334 g/mol. The molecule has 104 valence electrons. The Kier molecular flexibility index (Phi) is 4.12. The van der Waals surface area contributed by atoms with Gasteiger partial charge in [0.1, 0.15) is 0 Å². The van der Waals surface area contributed by atoms with E-state index in [-0.39, 0.29) is 18.2 Å². The third-order valence-corrected chi connectivity index (χ3v) is 4.74. The van der Waals surface area contributed by atoms with Gasteiger partial charge in [0.05, 0.1) is 18.0 Å². The zero-order valence-electron chi connectivity index (χ0n) is 10.3. The molecule has 0 unspecified atom stereocenters. The van der Waals surface area contributed by atoms with Crippen LogP contribution in [0.4, 0.5) is 5.69 Å². The van der Waals surface area contributed by atoms with Gasteiger partial charge in [0.2, 0.25) is 10.0 Å². The number of nitrogens with one attached hydrogen (secondary N) is 2. The Morgan fingerprint density at radius 3 is 2.89 bits per heavy atom. The average molecular weight is 348 g/mol. The highest BCUT2D eigenvalue weighted by Gasteiger charge is 2.24. The predicted molar refractivity (Wildman–Crippen MR) is 76.5 cm³/mol. The summed E-state index contributed by atoms with van der Waals surface area (Å²) in [4.78, 5) is 13.7. The maximum atomic E-state index is 12.2. The van der Waals surface area contributed by atoms with E-state index in [0.717, 1.165) is 10.2 Å². The fourth-order valence-corrected chi connectivity index (χ4v) is 2.81. The van der Waals surface area contributed by atoms with Crippen molar-refractivity contribution in [3.8, 4) is 0 Å². The lowest BCUT2D eigenvalue weighted by Crippen LogP contribution is -2.43. The van der Waals surface area contributed by atoms with Gasteiger partial charge in [-0.25, -0.2) is 13.1 Å². The summed E-state index contributed by atoms with van der Waals surface area (Å²) in [6, 6.07) is 5.33. The monoisotopic (exact) mass is 347 g/mol. The number of benzene rings is 1. The van der Waals surface area contributed by atoms with E-state index >= 15 is 0 Å².